The van der Waals surface area contributed by atoms with Gasteiger partial charge < -0.3 is 9.88 Å². The highest BCUT2D eigenvalue weighted by Crippen LogP contribution is 2.19. The molecule has 0 fully saturated rings. The number of fused-ring (bicyclic) bond motifs is 1. The molecular weight excluding hydrogens is 198 g/mol. The second-order valence-corrected chi connectivity index (χ2v) is 4.85. The molecule has 90 valence electrons. The van der Waals surface area contributed by atoms with Crippen LogP contribution in [0.15, 0.2) is 6.33 Å². The lowest BCUT2D eigenvalue weighted by atomic mass is 10.0. The molecule has 1 N–H and O–H groups in total. The van der Waals surface area contributed by atoms with E-state index in [-0.39, 0.29) is 0 Å². The summed E-state index contributed by atoms with van der Waals surface area (Å²) < 4.78 is 2.35. The lowest BCUT2D eigenvalue weighted by molar-refractivity contribution is 0.464. The number of nitrogens with zero attached hydrogens (tertiary/aromatic N) is 2. The molecule has 1 atom stereocenters. The minimum Gasteiger partial charge on any atom is -0.333 e. The fourth-order valence-electron chi connectivity index (χ4n) is 2.44. The molecule has 0 bridgehead atoms. The van der Waals surface area contributed by atoms with Crippen molar-refractivity contribution in [3.8, 4) is 0 Å². The molecule has 3 heteroatoms. The molecule has 0 amide bonds. The van der Waals surface area contributed by atoms with Crippen LogP contribution in [-0.4, -0.2) is 22.1 Å². The summed E-state index contributed by atoms with van der Waals surface area (Å²) in [4.78, 5) is 4.53. The highest BCUT2D eigenvalue weighted by atomic mass is 15.1. The predicted molar refractivity (Wildman–Crippen MR) is 66.6 cm³/mol. The lowest BCUT2D eigenvalue weighted by Crippen LogP contribution is -2.31. The molecular formula is C13H23N3. The van der Waals surface area contributed by atoms with Crippen molar-refractivity contribution in [2.45, 2.75) is 58.5 Å². The van der Waals surface area contributed by atoms with E-state index in [1.165, 1.54) is 43.5 Å². The van der Waals surface area contributed by atoms with Gasteiger partial charge in [0.15, 0.2) is 0 Å². The van der Waals surface area contributed by atoms with Crippen LogP contribution in [0.3, 0.4) is 0 Å². The standard InChI is InChI=1S/C13H23N3/c1-3-8-14-11(2)9-16-10-15-12-6-4-5-7-13(12)16/h10-11,14H,3-9H2,1-2H3. The van der Waals surface area contributed by atoms with Gasteiger partial charge in [-0.05, 0) is 45.6 Å². The molecule has 0 saturated heterocycles. The molecule has 1 aromatic rings. The fourth-order valence-corrected chi connectivity index (χ4v) is 2.44. The van der Waals surface area contributed by atoms with Crippen LogP contribution in [0.5, 0.6) is 0 Å². The van der Waals surface area contributed by atoms with Crippen LogP contribution in [0.1, 0.15) is 44.5 Å². The smallest absolute Gasteiger partial charge is 0.0952 e. The van der Waals surface area contributed by atoms with E-state index in [9.17, 15) is 0 Å². The maximum atomic E-state index is 4.53. The van der Waals surface area contributed by atoms with E-state index in [1.807, 2.05) is 6.33 Å². The molecule has 0 spiro atoms. The molecule has 0 aromatic carbocycles. The summed E-state index contributed by atoms with van der Waals surface area (Å²) in [5.41, 5.74) is 2.82. The molecule has 3 nitrogen and oxygen atoms in total. The minimum atomic E-state index is 0.542. The molecule has 1 aliphatic rings. The van der Waals surface area contributed by atoms with Gasteiger partial charge in [-0.2, -0.15) is 0 Å². The van der Waals surface area contributed by atoms with Gasteiger partial charge >= 0.3 is 0 Å². The normalized spacial score (nSPS) is 17.1. The lowest BCUT2D eigenvalue weighted by Gasteiger charge is -2.18. The van der Waals surface area contributed by atoms with E-state index in [0.29, 0.717) is 6.04 Å². The van der Waals surface area contributed by atoms with Gasteiger partial charge in [0, 0.05) is 18.3 Å². The first-order valence-electron chi connectivity index (χ1n) is 6.57. The second kappa shape index (κ2) is 5.48. The Hall–Kier alpha value is -0.830. The molecule has 2 rings (SSSR count). The van der Waals surface area contributed by atoms with E-state index in [2.05, 4.69) is 28.7 Å². The Labute approximate surface area is 98.3 Å². The summed E-state index contributed by atoms with van der Waals surface area (Å²) in [5, 5.41) is 3.53. The first-order valence-corrected chi connectivity index (χ1v) is 6.57. The molecule has 1 unspecified atom stereocenters. The topological polar surface area (TPSA) is 29.9 Å². The zero-order chi connectivity index (χ0) is 11.4. The molecule has 1 aromatic heterocycles. The SMILES string of the molecule is CCCNC(C)Cn1cnc2c1CCCC2. The van der Waals surface area contributed by atoms with Crippen LogP contribution in [-0.2, 0) is 19.4 Å². The van der Waals surface area contributed by atoms with E-state index < -0.39 is 0 Å². The summed E-state index contributed by atoms with van der Waals surface area (Å²) in [6.45, 7) is 6.63. The number of aromatic nitrogens is 2. The van der Waals surface area contributed by atoms with E-state index >= 15 is 0 Å². The molecule has 0 saturated carbocycles. The second-order valence-electron chi connectivity index (χ2n) is 4.85. The quantitative estimate of drug-likeness (QED) is 0.825. The number of hydrogen-bond donors (Lipinski definition) is 1. The Morgan fingerprint density at radius 2 is 2.25 bits per heavy atom. The van der Waals surface area contributed by atoms with Crippen molar-refractivity contribution < 1.29 is 0 Å². The third-order valence-electron chi connectivity index (χ3n) is 3.32. The van der Waals surface area contributed by atoms with Crippen molar-refractivity contribution in [3.63, 3.8) is 0 Å². The first kappa shape index (κ1) is 11.6. The molecule has 0 aliphatic heterocycles. The highest BCUT2D eigenvalue weighted by Gasteiger charge is 2.15. The van der Waals surface area contributed by atoms with Crippen LogP contribution in [0.2, 0.25) is 0 Å². The van der Waals surface area contributed by atoms with Crippen molar-refractivity contribution in [3.05, 3.63) is 17.7 Å². The predicted octanol–water partition coefficient (Wildman–Crippen LogP) is 2.15. The van der Waals surface area contributed by atoms with Crippen LogP contribution in [0.25, 0.3) is 0 Å². The van der Waals surface area contributed by atoms with Crippen LogP contribution in [0.4, 0.5) is 0 Å². The third kappa shape index (κ3) is 2.64. The summed E-state index contributed by atoms with van der Waals surface area (Å²) in [5.74, 6) is 0. The summed E-state index contributed by atoms with van der Waals surface area (Å²) in [6.07, 6.45) is 8.27. The summed E-state index contributed by atoms with van der Waals surface area (Å²) in [6, 6.07) is 0.542. The molecule has 16 heavy (non-hydrogen) atoms. The number of rotatable bonds is 5. The van der Waals surface area contributed by atoms with Gasteiger partial charge in [-0.25, -0.2) is 4.98 Å². The maximum absolute atomic E-state index is 4.53. The number of aryl methyl sites for hydroxylation is 1. The zero-order valence-electron chi connectivity index (χ0n) is 10.5. The molecule has 1 aliphatic carbocycles. The van der Waals surface area contributed by atoms with Crippen molar-refractivity contribution in [1.82, 2.24) is 14.9 Å². The van der Waals surface area contributed by atoms with Gasteiger partial charge in [-0.1, -0.05) is 6.92 Å². The van der Waals surface area contributed by atoms with Gasteiger partial charge in [0.05, 0.1) is 12.0 Å². The monoisotopic (exact) mass is 221 g/mol. The van der Waals surface area contributed by atoms with Gasteiger partial charge in [0.1, 0.15) is 0 Å². The van der Waals surface area contributed by atoms with Crippen molar-refractivity contribution >= 4 is 0 Å². The van der Waals surface area contributed by atoms with Gasteiger partial charge in [-0.15, -0.1) is 0 Å². The number of imidazole rings is 1. The van der Waals surface area contributed by atoms with Gasteiger partial charge in [0.2, 0.25) is 0 Å². The Bertz CT molecular complexity index is 330. The van der Waals surface area contributed by atoms with E-state index in [4.69, 9.17) is 0 Å². The van der Waals surface area contributed by atoms with Gasteiger partial charge in [0.25, 0.3) is 0 Å². The van der Waals surface area contributed by atoms with Crippen molar-refractivity contribution in [2.24, 2.45) is 0 Å². The van der Waals surface area contributed by atoms with Crippen LogP contribution < -0.4 is 5.32 Å². The largest absolute Gasteiger partial charge is 0.333 e. The van der Waals surface area contributed by atoms with Crippen LogP contribution in [0, 0.1) is 0 Å². The average molecular weight is 221 g/mol. The van der Waals surface area contributed by atoms with Gasteiger partial charge in [-0.3, -0.25) is 0 Å². The zero-order valence-corrected chi connectivity index (χ0v) is 10.5. The molecule has 1 heterocycles. The van der Waals surface area contributed by atoms with E-state index in [0.717, 1.165) is 13.1 Å². The first-order chi connectivity index (χ1) is 7.81. The van der Waals surface area contributed by atoms with Crippen molar-refractivity contribution in [1.29, 1.82) is 0 Å². The average Bonchev–Trinajstić information content (AvgIpc) is 2.70. The Kier molecular flexibility index (Phi) is 3.99. The summed E-state index contributed by atoms with van der Waals surface area (Å²) in [7, 11) is 0. The highest BCUT2D eigenvalue weighted by molar-refractivity contribution is 5.16. The summed E-state index contributed by atoms with van der Waals surface area (Å²) >= 11 is 0. The number of nitrogens with one attached hydrogen (secondary N) is 1. The Morgan fingerprint density at radius 1 is 1.44 bits per heavy atom. The minimum absolute atomic E-state index is 0.542. The number of hydrogen-bond acceptors (Lipinski definition) is 2. The van der Waals surface area contributed by atoms with E-state index in [1.54, 1.807) is 0 Å². The Morgan fingerprint density at radius 3 is 3.06 bits per heavy atom. The Balaban J connectivity index is 1.96. The van der Waals surface area contributed by atoms with Crippen LogP contribution >= 0.6 is 0 Å². The fraction of sp³-hybridized carbons (Fsp3) is 0.769. The van der Waals surface area contributed by atoms with Crippen molar-refractivity contribution in [2.75, 3.05) is 6.54 Å². The molecule has 0 radical (unpaired) electrons. The third-order valence-corrected chi connectivity index (χ3v) is 3.32. The maximum Gasteiger partial charge on any atom is 0.0952 e.